The Labute approximate surface area is 127 Å². The van der Waals surface area contributed by atoms with Gasteiger partial charge in [-0.3, -0.25) is 10.2 Å². The lowest BCUT2D eigenvalue weighted by molar-refractivity contribution is 1.01. The van der Waals surface area contributed by atoms with Crippen LogP contribution < -0.4 is 0 Å². The van der Waals surface area contributed by atoms with E-state index in [0.29, 0.717) is 0 Å². The molecule has 2 aromatic rings. The van der Waals surface area contributed by atoms with E-state index in [2.05, 4.69) is 32.5 Å². The molecule has 2 heterocycles. The first-order chi connectivity index (χ1) is 7.74. The zero-order valence-corrected chi connectivity index (χ0v) is 13.4. The lowest BCUT2D eigenvalue weighted by atomic mass is 10.4. The van der Waals surface area contributed by atoms with Gasteiger partial charge < -0.3 is 0 Å². The second kappa shape index (κ2) is 8.74. The second-order valence-corrected chi connectivity index (χ2v) is 6.07. The normalized spacial score (nSPS) is 9.67. The average molecular weight is 327 g/mol. The van der Waals surface area contributed by atoms with Gasteiger partial charge in [0.1, 0.15) is 0 Å². The van der Waals surface area contributed by atoms with Crippen molar-refractivity contribution in [3.05, 3.63) is 34.9 Å². The summed E-state index contributed by atoms with van der Waals surface area (Å²) in [7, 11) is 3.61. The minimum Gasteiger partial charge on any atom is -0.283 e. The van der Waals surface area contributed by atoms with Crippen LogP contribution in [0.15, 0.2) is 12.1 Å². The molecule has 8 heteroatoms. The summed E-state index contributed by atoms with van der Waals surface area (Å²) in [4.78, 5) is 0. The van der Waals surface area contributed by atoms with Crippen molar-refractivity contribution in [3.63, 3.8) is 0 Å². The Morgan fingerprint density at radius 3 is 1.56 bits per heavy atom. The minimum absolute atomic E-state index is 0. The van der Waals surface area contributed by atoms with Crippen LogP contribution in [-0.4, -0.2) is 20.4 Å². The summed E-state index contributed by atoms with van der Waals surface area (Å²) in [6.07, 6.45) is 0. The summed E-state index contributed by atoms with van der Waals surface area (Å²) < 4.78 is 0. The molecule has 0 radical (unpaired) electrons. The number of hydrogen-bond acceptors (Lipinski definition) is 4. The molecule has 0 aliphatic rings. The highest BCUT2D eigenvalue weighted by Crippen LogP contribution is 2.28. The number of aromatic nitrogens is 4. The van der Waals surface area contributed by atoms with E-state index in [1.54, 1.807) is 21.6 Å². The fourth-order valence-electron chi connectivity index (χ4n) is 1.30. The fraction of sp³-hybridized carbons (Fsp3) is 0.400. The van der Waals surface area contributed by atoms with Gasteiger partial charge in [-0.05, 0) is 26.0 Å². The van der Waals surface area contributed by atoms with E-state index in [9.17, 15) is 0 Å². The Morgan fingerprint density at radius 1 is 0.889 bits per heavy atom. The maximum atomic E-state index is 4.18. The number of hydrogen-bond donors (Lipinski definition) is 2. The van der Waals surface area contributed by atoms with Crippen LogP contribution in [0.2, 0.25) is 0 Å². The van der Waals surface area contributed by atoms with Gasteiger partial charge in [0.15, 0.2) is 0 Å². The Morgan fingerprint density at radius 2 is 1.28 bits per heavy atom. The summed E-state index contributed by atoms with van der Waals surface area (Å²) in [5, 5.41) is 14.2. The molecule has 0 aliphatic heterocycles. The molecule has 0 fully saturated rings. The van der Waals surface area contributed by atoms with E-state index < -0.39 is 0 Å². The molecule has 0 aromatic carbocycles. The average Bonchev–Trinajstić information content (AvgIpc) is 2.83. The van der Waals surface area contributed by atoms with Crippen molar-refractivity contribution in [2.45, 2.75) is 25.4 Å². The van der Waals surface area contributed by atoms with Gasteiger partial charge in [0, 0.05) is 22.9 Å². The van der Waals surface area contributed by atoms with E-state index in [-0.39, 0.29) is 24.8 Å². The molecule has 0 saturated carbocycles. The van der Waals surface area contributed by atoms with Crippen LogP contribution in [0, 0.1) is 13.8 Å². The van der Waals surface area contributed by atoms with Gasteiger partial charge in [0.25, 0.3) is 0 Å². The van der Waals surface area contributed by atoms with Crippen LogP contribution in [0.1, 0.15) is 22.8 Å². The third-order valence-electron chi connectivity index (χ3n) is 2.01. The molecule has 0 saturated heterocycles. The van der Waals surface area contributed by atoms with Crippen molar-refractivity contribution >= 4 is 46.4 Å². The topological polar surface area (TPSA) is 57.4 Å². The molecule has 2 aromatic heterocycles. The Bertz CT molecular complexity index is 416. The molecule has 0 spiro atoms. The Kier molecular flexibility index (Phi) is 8.60. The zero-order chi connectivity index (χ0) is 11.4. The monoisotopic (exact) mass is 326 g/mol. The van der Waals surface area contributed by atoms with E-state index in [1.807, 2.05) is 13.8 Å². The van der Waals surface area contributed by atoms with Crippen molar-refractivity contribution in [1.29, 1.82) is 0 Å². The third-order valence-corrected chi connectivity index (χ3v) is 4.22. The lowest BCUT2D eigenvalue weighted by Crippen LogP contribution is -1.80. The van der Waals surface area contributed by atoms with Crippen LogP contribution in [0.4, 0.5) is 0 Å². The molecule has 18 heavy (non-hydrogen) atoms. The molecule has 0 atom stereocenters. The van der Waals surface area contributed by atoms with Gasteiger partial charge in [-0.15, -0.1) is 24.8 Å². The number of H-pyrrole nitrogens is 2. The number of aromatic amines is 2. The number of nitrogens with one attached hydrogen (secondary N) is 2. The van der Waals surface area contributed by atoms with Gasteiger partial charge in [-0.1, -0.05) is 21.6 Å². The number of rotatable bonds is 5. The molecular formula is C10H16Cl2N4S2. The quantitative estimate of drug-likeness (QED) is 0.650. The van der Waals surface area contributed by atoms with Gasteiger partial charge in [0.05, 0.1) is 11.4 Å². The first-order valence-corrected chi connectivity index (χ1v) is 7.49. The first-order valence-electron chi connectivity index (χ1n) is 5.00. The zero-order valence-electron chi connectivity index (χ0n) is 10.1. The van der Waals surface area contributed by atoms with E-state index in [4.69, 9.17) is 0 Å². The van der Waals surface area contributed by atoms with Crippen molar-refractivity contribution in [3.8, 4) is 0 Å². The fourth-order valence-corrected chi connectivity index (χ4v) is 3.23. The Balaban J connectivity index is 0.00000144. The maximum Gasteiger partial charge on any atom is 0.0732 e. The minimum atomic E-state index is 0. The van der Waals surface area contributed by atoms with Gasteiger partial charge in [-0.25, -0.2) is 0 Å². The third kappa shape index (κ3) is 5.56. The molecule has 0 bridgehead atoms. The van der Waals surface area contributed by atoms with Crippen molar-refractivity contribution in [2.24, 2.45) is 0 Å². The first kappa shape index (κ1) is 17.7. The highest BCUT2D eigenvalue weighted by atomic mass is 35.5. The van der Waals surface area contributed by atoms with E-state index >= 15 is 0 Å². The second-order valence-electron chi connectivity index (χ2n) is 3.61. The molecule has 2 N–H and O–H groups in total. The smallest absolute Gasteiger partial charge is 0.0732 e. The lowest BCUT2D eigenvalue weighted by Gasteiger charge is -1.95. The van der Waals surface area contributed by atoms with Crippen LogP contribution in [0.5, 0.6) is 0 Å². The van der Waals surface area contributed by atoms with Crippen LogP contribution >= 0.6 is 46.4 Å². The number of aryl methyl sites for hydroxylation is 2. The Hall–Kier alpha value is -0.300. The standard InChI is InChI=1S/C10H14N4S2.2ClH/c1-7-3-9(13-11-7)5-15-16-6-10-4-8(2)12-14-10;;/h3-4H,5-6H2,1-2H3,(H,11,13)(H,12,14);2*1H. The summed E-state index contributed by atoms with van der Waals surface area (Å²) in [5.74, 6) is 1.86. The predicted octanol–water partition coefficient (Wildman–Crippen LogP) is 3.67. The van der Waals surface area contributed by atoms with Crippen LogP contribution in [0.3, 0.4) is 0 Å². The molecule has 102 valence electrons. The van der Waals surface area contributed by atoms with Crippen molar-refractivity contribution in [1.82, 2.24) is 20.4 Å². The highest BCUT2D eigenvalue weighted by Gasteiger charge is 2.01. The van der Waals surface area contributed by atoms with E-state index in [1.165, 1.54) is 0 Å². The van der Waals surface area contributed by atoms with Gasteiger partial charge >= 0.3 is 0 Å². The molecule has 0 unspecified atom stereocenters. The molecule has 0 aliphatic carbocycles. The van der Waals surface area contributed by atoms with Crippen molar-refractivity contribution in [2.75, 3.05) is 0 Å². The summed E-state index contributed by atoms with van der Waals surface area (Å²) in [6.45, 7) is 4.03. The largest absolute Gasteiger partial charge is 0.283 e. The molecule has 4 nitrogen and oxygen atoms in total. The van der Waals surface area contributed by atoms with Crippen molar-refractivity contribution < 1.29 is 0 Å². The molecule has 0 amide bonds. The van der Waals surface area contributed by atoms with Crippen LogP contribution in [0.25, 0.3) is 0 Å². The van der Waals surface area contributed by atoms with Gasteiger partial charge in [-0.2, -0.15) is 10.2 Å². The van der Waals surface area contributed by atoms with E-state index in [0.717, 1.165) is 34.3 Å². The number of nitrogens with zero attached hydrogens (tertiary/aromatic N) is 2. The van der Waals surface area contributed by atoms with Gasteiger partial charge in [0.2, 0.25) is 0 Å². The predicted molar refractivity (Wildman–Crippen MR) is 83.7 cm³/mol. The SMILES string of the molecule is Cc1cc(CSSCc2cc(C)[nH]n2)n[nH]1.Cl.Cl. The number of halogens is 2. The summed E-state index contributed by atoms with van der Waals surface area (Å²) in [6, 6.07) is 4.15. The summed E-state index contributed by atoms with van der Waals surface area (Å²) >= 11 is 0. The highest BCUT2D eigenvalue weighted by molar-refractivity contribution is 8.76. The van der Waals surface area contributed by atoms with Crippen LogP contribution in [-0.2, 0) is 11.5 Å². The molecular weight excluding hydrogens is 311 g/mol. The maximum absolute atomic E-state index is 4.18. The molecule has 2 rings (SSSR count). The summed E-state index contributed by atoms with van der Waals surface area (Å²) in [5.41, 5.74) is 4.44.